The Bertz CT molecular complexity index is 769. The van der Waals surface area contributed by atoms with Crippen LogP contribution in [0, 0.1) is 5.82 Å². The molecule has 7 nitrogen and oxygen atoms in total. The fourth-order valence-electron chi connectivity index (χ4n) is 2.53. The third kappa shape index (κ3) is 6.79. The molecule has 1 atom stereocenters. The van der Waals surface area contributed by atoms with Crippen molar-refractivity contribution in [2.45, 2.75) is 45.7 Å². The first-order valence-corrected chi connectivity index (χ1v) is 10.7. The summed E-state index contributed by atoms with van der Waals surface area (Å²) in [6.45, 7) is 7.88. The van der Waals surface area contributed by atoms with Crippen molar-refractivity contribution in [3.05, 3.63) is 46.9 Å². The molecule has 0 saturated heterocycles. The van der Waals surface area contributed by atoms with Gasteiger partial charge in [0, 0.05) is 18.9 Å². The number of nitrogens with one attached hydrogen (secondary N) is 2. The average molecular weight is 410 g/mol. The molecular formula is C19H28FN5O2S. The molecular weight excluding hydrogens is 381 g/mol. The van der Waals surface area contributed by atoms with Gasteiger partial charge in [-0.25, -0.2) is 9.38 Å². The topological polar surface area (TPSA) is 84.6 Å². The van der Waals surface area contributed by atoms with Crippen LogP contribution in [-0.2, 0) is 23.6 Å². The van der Waals surface area contributed by atoms with E-state index >= 15 is 0 Å². The van der Waals surface area contributed by atoms with E-state index in [0.717, 1.165) is 16.9 Å². The van der Waals surface area contributed by atoms with Gasteiger partial charge in [0.05, 0.1) is 13.1 Å². The fraction of sp³-hybridized carbons (Fsp3) is 0.526. The Hall–Kier alpha value is -2.13. The predicted molar refractivity (Wildman–Crippen MR) is 110 cm³/mol. The maximum absolute atomic E-state index is 13.5. The first-order valence-electron chi connectivity index (χ1n) is 9.29. The van der Waals surface area contributed by atoms with Gasteiger partial charge in [-0.2, -0.15) is 16.7 Å². The quantitative estimate of drug-likeness (QED) is 0.459. The van der Waals surface area contributed by atoms with E-state index < -0.39 is 0 Å². The van der Waals surface area contributed by atoms with Crippen LogP contribution in [0.2, 0.25) is 0 Å². The highest BCUT2D eigenvalue weighted by atomic mass is 32.2. The number of nitrogens with zero attached hydrogens (tertiary/aromatic N) is 3. The monoisotopic (exact) mass is 409 g/mol. The van der Waals surface area contributed by atoms with E-state index in [1.807, 2.05) is 27.0 Å². The van der Waals surface area contributed by atoms with E-state index in [-0.39, 0.29) is 11.9 Å². The van der Waals surface area contributed by atoms with Crippen LogP contribution in [0.3, 0.4) is 0 Å². The smallest absolute Gasteiger partial charge is 0.246 e. The number of guanidine groups is 1. The van der Waals surface area contributed by atoms with Crippen molar-refractivity contribution in [3.63, 3.8) is 0 Å². The lowest BCUT2D eigenvalue weighted by Crippen LogP contribution is -2.36. The minimum atomic E-state index is -0.227. The standard InChI is InChI=1S/C19H28FN5O2S/c1-5-21-19(22-10-14-7-8-16(20)9-15(14)12-28-4)23-11-17-24-18(25-27-17)13(3)26-6-2/h7-9,13H,5-6,10-12H2,1-4H3,(H2,21,22,23). The third-order valence-electron chi connectivity index (χ3n) is 3.89. The highest BCUT2D eigenvalue weighted by Gasteiger charge is 2.14. The Morgan fingerprint density at radius 3 is 2.86 bits per heavy atom. The number of thioether (sulfide) groups is 1. The lowest BCUT2D eigenvalue weighted by Gasteiger charge is -2.11. The first kappa shape index (κ1) is 22.2. The van der Waals surface area contributed by atoms with Crippen LogP contribution in [0.4, 0.5) is 4.39 Å². The number of aromatic nitrogens is 2. The van der Waals surface area contributed by atoms with E-state index in [1.54, 1.807) is 23.9 Å². The van der Waals surface area contributed by atoms with Crippen LogP contribution in [0.25, 0.3) is 0 Å². The summed E-state index contributed by atoms with van der Waals surface area (Å²) in [7, 11) is 0. The van der Waals surface area contributed by atoms with Gasteiger partial charge >= 0.3 is 0 Å². The summed E-state index contributed by atoms with van der Waals surface area (Å²) in [5.41, 5.74) is 1.96. The largest absolute Gasteiger partial charge is 0.371 e. The van der Waals surface area contributed by atoms with Crippen molar-refractivity contribution in [2.75, 3.05) is 19.4 Å². The highest BCUT2D eigenvalue weighted by molar-refractivity contribution is 7.97. The molecule has 1 aromatic heterocycles. The van der Waals surface area contributed by atoms with E-state index in [9.17, 15) is 4.39 Å². The van der Waals surface area contributed by atoms with Crippen molar-refractivity contribution in [1.82, 2.24) is 20.8 Å². The minimum absolute atomic E-state index is 0.210. The Morgan fingerprint density at radius 1 is 1.32 bits per heavy atom. The summed E-state index contributed by atoms with van der Waals surface area (Å²) in [6, 6.07) is 4.82. The summed E-state index contributed by atoms with van der Waals surface area (Å²) >= 11 is 1.65. The summed E-state index contributed by atoms with van der Waals surface area (Å²) < 4.78 is 24.2. The second-order valence-corrected chi connectivity index (χ2v) is 6.90. The molecule has 154 valence electrons. The molecule has 0 aliphatic heterocycles. The number of hydrogen-bond acceptors (Lipinski definition) is 6. The molecule has 0 spiro atoms. The SMILES string of the molecule is CCNC(=NCc1ccc(F)cc1CSC)NCc1nc(C(C)OCC)no1. The van der Waals surface area contributed by atoms with E-state index in [2.05, 4.69) is 25.8 Å². The summed E-state index contributed by atoms with van der Waals surface area (Å²) in [5, 5.41) is 10.3. The third-order valence-corrected chi connectivity index (χ3v) is 4.49. The number of ether oxygens (including phenoxy) is 1. The molecule has 0 amide bonds. The van der Waals surface area contributed by atoms with Gasteiger partial charge in [0.1, 0.15) is 11.9 Å². The van der Waals surface area contributed by atoms with Crippen LogP contribution in [-0.4, -0.2) is 35.5 Å². The molecule has 2 aromatic rings. The molecule has 0 bridgehead atoms. The second kappa shape index (κ2) is 11.7. The first-order chi connectivity index (χ1) is 13.6. The normalized spacial score (nSPS) is 12.8. The minimum Gasteiger partial charge on any atom is -0.371 e. The molecule has 0 aliphatic carbocycles. The molecule has 0 radical (unpaired) electrons. The Morgan fingerprint density at radius 2 is 2.14 bits per heavy atom. The summed E-state index contributed by atoms with van der Waals surface area (Å²) in [5.74, 6) is 2.12. The van der Waals surface area contributed by atoms with Crippen molar-refractivity contribution in [3.8, 4) is 0 Å². The maximum Gasteiger partial charge on any atom is 0.246 e. The van der Waals surface area contributed by atoms with Gasteiger partial charge in [-0.3, -0.25) is 0 Å². The Labute approximate surface area is 169 Å². The fourth-order valence-corrected chi connectivity index (χ4v) is 3.11. The van der Waals surface area contributed by atoms with Crippen molar-refractivity contribution < 1.29 is 13.7 Å². The molecule has 1 aromatic carbocycles. The lowest BCUT2D eigenvalue weighted by atomic mass is 10.1. The van der Waals surface area contributed by atoms with Gasteiger partial charge in [0.25, 0.3) is 0 Å². The summed E-state index contributed by atoms with van der Waals surface area (Å²) in [6.07, 6.45) is 1.78. The molecule has 0 saturated carbocycles. The van der Waals surface area contributed by atoms with Gasteiger partial charge in [-0.15, -0.1) is 0 Å². The van der Waals surface area contributed by atoms with Crippen LogP contribution in [0.1, 0.15) is 49.7 Å². The average Bonchev–Trinajstić information content (AvgIpc) is 3.15. The zero-order chi connectivity index (χ0) is 20.4. The van der Waals surface area contributed by atoms with Crippen molar-refractivity contribution in [1.29, 1.82) is 0 Å². The number of halogens is 1. The lowest BCUT2D eigenvalue weighted by molar-refractivity contribution is 0.0683. The van der Waals surface area contributed by atoms with Gasteiger partial charge in [0.15, 0.2) is 11.8 Å². The molecule has 0 aliphatic rings. The van der Waals surface area contributed by atoms with Gasteiger partial charge < -0.3 is 19.9 Å². The van der Waals surface area contributed by atoms with Gasteiger partial charge in [-0.05, 0) is 50.3 Å². The van der Waals surface area contributed by atoms with Gasteiger partial charge in [-0.1, -0.05) is 11.2 Å². The van der Waals surface area contributed by atoms with Crippen molar-refractivity contribution >= 4 is 17.7 Å². The zero-order valence-electron chi connectivity index (χ0n) is 16.8. The van der Waals surface area contributed by atoms with Crippen LogP contribution in [0.15, 0.2) is 27.7 Å². The molecule has 0 fully saturated rings. The summed E-state index contributed by atoms with van der Waals surface area (Å²) in [4.78, 5) is 8.93. The maximum atomic E-state index is 13.5. The number of rotatable bonds is 10. The highest BCUT2D eigenvalue weighted by Crippen LogP contribution is 2.17. The number of benzene rings is 1. The second-order valence-electron chi connectivity index (χ2n) is 6.04. The van der Waals surface area contributed by atoms with Crippen LogP contribution < -0.4 is 10.6 Å². The molecule has 28 heavy (non-hydrogen) atoms. The predicted octanol–water partition coefficient (Wildman–Crippen LogP) is 3.42. The molecule has 1 unspecified atom stereocenters. The molecule has 2 N–H and O–H groups in total. The molecule has 2 rings (SSSR count). The number of aliphatic imine (C=N–C) groups is 1. The van der Waals surface area contributed by atoms with Crippen LogP contribution in [0.5, 0.6) is 0 Å². The number of hydrogen-bond donors (Lipinski definition) is 2. The van der Waals surface area contributed by atoms with E-state index in [4.69, 9.17) is 9.26 Å². The molecule has 1 heterocycles. The molecule has 9 heteroatoms. The van der Waals surface area contributed by atoms with Crippen LogP contribution >= 0.6 is 11.8 Å². The zero-order valence-corrected chi connectivity index (χ0v) is 17.6. The van der Waals surface area contributed by atoms with E-state index in [0.29, 0.717) is 43.9 Å². The van der Waals surface area contributed by atoms with Crippen molar-refractivity contribution in [2.24, 2.45) is 4.99 Å². The Kier molecular flexibility index (Phi) is 9.22. The van der Waals surface area contributed by atoms with E-state index in [1.165, 1.54) is 6.07 Å². The van der Waals surface area contributed by atoms with Gasteiger partial charge in [0.2, 0.25) is 5.89 Å². The Balaban J connectivity index is 2.01.